The monoisotopic (exact) mass is 316 g/mol. The minimum Gasteiger partial charge on any atom is -0.309 e. The molecule has 0 saturated heterocycles. The first-order valence-electron chi connectivity index (χ1n) is 7.82. The van der Waals surface area contributed by atoms with Crippen molar-refractivity contribution >= 4 is 27.5 Å². The minimum atomic E-state index is -0.369. The van der Waals surface area contributed by atoms with E-state index in [9.17, 15) is 10.1 Å². The molecule has 0 N–H and O–H groups in total. The van der Waals surface area contributed by atoms with Crippen LogP contribution in [-0.4, -0.2) is 9.49 Å². The summed E-state index contributed by atoms with van der Waals surface area (Å²) < 4.78 is 2.21. The van der Waals surface area contributed by atoms with Gasteiger partial charge in [-0.05, 0) is 37.1 Å². The molecule has 1 aromatic heterocycles. The molecular weight excluding hydrogens is 300 g/mol. The molecular formula is C20H16N2O2. The first-order chi connectivity index (χ1) is 11.6. The third-order valence-corrected chi connectivity index (χ3v) is 4.53. The lowest BCUT2D eigenvalue weighted by Gasteiger charge is -2.10. The Morgan fingerprint density at radius 1 is 0.792 bits per heavy atom. The zero-order valence-electron chi connectivity index (χ0n) is 13.5. The average molecular weight is 316 g/mol. The number of fused-ring (bicyclic) bond motifs is 3. The van der Waals surface area contributed by atoms with Gasteiger partial charge in [0.15, 0.2) is 0 Å². The number of nitro benzene ring substituents is 1. The van der Waals surface area contributed by atoms with Crippen molar-refractivity contribution in [3.63, 3.8) is 0 Å². The Labute approximate surface area is 139 Å². The molecule has 118 valence electrons. The average Bonchev–Trinajstić information content (AvgIpc) is 2.92. The summed E-state index contributed by atoms with van der Waals surface area (Å²) in [7, 11) is 0. The topological polar surface area (TPSA) is 48.1 Å². The van der Waals surface area contributed by atoms with Crippen LogP contribution >= 0.6 is 0 Å². The van der Waals surface area contributed by atoms with Gasteiger partial charge in [-0.25, -0.2) is 0 Å². The van der Waals surface area contributed by atoms with E-state index in [2.05, 4.69) is 54.8 Å². The van der Waals surface area contributed by atoms with Crippen LogP contribution < -0.4 is 0 Å². The summed E-state index contributed by atoms with van der Waals surface area (Å²) in [6.07, 6.45) is 0. The van der Waals surface area contributed by atoms with Crippen molar-refractivity contribution in [2.24, 2.45) is 0 Å². The third-order valence-electron chi connectivity index (χ3n) is 4.53. The van der Waals surface area contributed by atoms with Crippen LogP contribution in [0, 0.1) is 24.0 Å². The van der Waals surface area contributed by atoms with Gasteiger partial charge >= 0.3 is 0 Å². The zero-order valence-corrected chi connectivity index (χ0v) is 13.5. The number of aryl methyl sites for hydroxylation is 2. The van der Waals surface area contributed by atoms with Gasteiger partial charge in [0.1, 0.15) is 0 Å². The molecule has 0 saturated carbocycles. The fourth-order valence-corrected chi connectivity index (χ4v) is 3.44. The van der Waals surface area contributed by atoms with E-state index < -0.39 is 0 Å². The summed E-state index contributed by atoms with van der Waals surface area (Å²) in [5, 5.41) is 13.3. The smallest absolute Gasteiger partial charge is 0.269 e. The maximum atomic E-state index is 10.9. The van der Waals surface area contributed by atoms with E-state index in [0.29, 0.717) is 0 Å². The number of nitro groups is 1. The summed E-state index contributed by atoms with van der Waals surface area (Å²) in [4.78, 5) is 10.6. The second-order valence-electron chi connectivity index (χ2n) is 6.05. The molecule has 0 aliphatic carbocycles. The molecule has 4 aromatic rings. The van der Waals surface area contributed by atoms with Gasteiger partial charge in [-0.3, -0.25) is 10.1 Å². The van der Waals surface area contributed by atoms with Crippen LogP contribution in [-0.2, 0) is 0 Å². The lowest BCUT2D eigenvalue weighted by Crippen LogP contribution is -1.97. The summed E-state index contributed by atoms with van der Waals surface area (Å²) in [6, 6.07) is 19.3. The fraction of sp³-hybridized carbons (Fsp3) is 0.100. The van der Waals surface area contributed by atoms with E-state index >= 15 is 0 Å². The Kier molecular flexibility index (Phi) is 3.13. The van der Waals surface area contributed by atoms with Crippen LogP contribution in [0.5, 0.6) is 0 Å². The number of aromatic nitrogens is 1. The first-order valence-corrected chi connectivity index (χ1v) is 7.82. The van der Waals surface area contributed by atoms with Crippen LogP contribution in [0.3, 0.4) is 0 Å². The van der Waals surface area contributed by atoms with Gasteiger partial charge in [-0.1, -0.05) is 36.4 Å². The number of nitrogens with zero attached hydrogens (tertiary/aromatic N) is 2. The van der Waals surface area contributed by atoms with Gasteiger partial charge in [-0.2, -0.15) is 0 Å². The maximum Gasteiger partial charge on any atom is 0.269 e. The van der Waals surface area contributed by atoms with Crippen LogP contribution in [0.4, 0.5) is 5.69 Å². The Morgan fingerprint density at radius 3 is 1.75 bits per heavy atom. The number of hydrogen-bond donors (Lipinski definition) is 0. The summed E-state index contributed by atoms with van der Waals surface area (Å²) in [6.45, 7) is 4.19. The molecule has 4 nitrogen and oxygen atoms in total. The highest BCUT2D eigenvalue weighted by atomic mass is 16.6. The second-order valence-corrected chi connectivity index (χ2v) is 6.05. The molecule has 4 heteroatoms. The highest BCUT2D eigenvalue weighted by molar-refractivity contribution is 6.11. The van der Waals surface area contributed by atoms with Gasteiger partial charge < -0.3 is 4.57 Å². The zero-order chi connectivity index (χ0) is 16.8. The Morgan fingerprint density at radius 2 is 1.29 bits per heavy atom. The summed E-state index contributed by atoms with van der Waals surface area (Å²) in [5.74, 6) is 0. The van der Waals surface area contributed by atoms with E-state index in [1.165, 1.54) is 21.9 Å². The van der Waals surface area contributed by atoms with Gasteiger partial charge in [0.05, 0.1) is 16.0 Å². The molecule has 0 radical (unpaired) electrons. The number of para-hydroxylation sites is 2. The predicted molar refractivity (Wildman–Crippen MR) is 96.9 cm³/mol. The van der Waals surface area contributed by atoms with Crippen molar-refractivity contribution in [3.8, 4) is 5.69 Å². The van der Waals surface area contributed by atoms with Gasteiger partial charge in [0.25, 0.3) is 5.69 Å². The SMILES string of the molecule is Cc1cccc2c3cccc(C)c3n(-c3ccc([N+](=O)[O-])cc3)c12. The second kappa shape index (κ2) is 5.20. The molecule has 4 rings (SSSR count). The molecule has 0 aliphatic rings. The van der Waals surface area contributed by atoms with E-state index in [1.807, 2.05) is 12.1 Å². The molecule has 1 heterocycles. The molecule has 0 unspecified atom stereocenters. The number of non-ortho nitro benzene ring substituents is 1. The number of rotatable bonds is 2. The number of benzene rings is 3. The Balaban J connectivity index is 2.14. The number of hydrogen-bond acceptors (Lipinski definition) is 2. The molecule has 24 heavy (non-hydrogen) atoms. The molecule has 0 aliphatic heterocycles. The van der Waals surface area contributed by atoms with E-state index in [-0.39, 0.29) is 10.6 Å². The predicted octanol–water partition coefficient (Wildman–Crippen LogP) is 5.31. The highest BCUT2D eigenvalue weighted by Gasteiger charge is 2.16. The van der Waals surface area contributed by atoms with Gasteiger partial charge in [0, 0.05) is 28.6 Å². The third kappa shape index (κ3) is 2.00. The summed E-state index contributed by atoms with van der Waals surface area (Å²) >= 11 is 0. The normalized spacial score (nSPS) is 11.2. The van der Waals surface area contributed by atoms with Crippen LogP contribution in [0.2, 0.25) is 0 Å². The highest BCUT2D eigenvalue weighted by Crippen LogP contribution is 2.35. The quantitative estimate of drug-likeness (QED) is 0.372. The van der Waals surface area contributed by atoms with Gasteiger partial charge in [0.2, 0.25) is 0 Å². The van der Waals surface area contributed by atoms with Crippen molar-refractivity contribution in [2.45, 2.75) is 13.8 Å². The lowest BCUT2D eigenvalue weighted by molar-refractivity contribution is -0.384. The standard InChI is InChI=1S/C20H16N2O2/c1-13-5-3-7-17-18-8-4-6-14(2)20(18)21(19(13)17)15-9-11-16(12-10-15)22(23)24/h3-12H,1-2H3. The van der Waals surface area contributed by atoms with Crippen molar-refractivity contribution in [1.29, 1.82) is 0 Å². The minimum absolute atomic E-state index is 0.105. The van der Waals surface area contributed by atoms with E-state index in [1.54, 1.807) is 12.1 Å². The molecule has 0 bridgehead atoms. The Bertz CT molecular complexity index is 1030. The largest absolute Gasteiger partial charge is 0.309 e. The Hall–Kier alpha value is -3.14. The summed E-state index contributed by atoms with van der Waals surface area (Å²) in [5.41, 5.74) is 5.70. The van der Waals surface area contributed by atoms with Gasteiger partial charge in [-0.15, -0.1) is 0 Å². The van der Waals surface area contributed by atoms with Crippen molar-refractivity contribution in [1.82, 2.24) is 4.57 Å². The lowest BCUT2D eigenvalue weighted by atomic mass is 10.1. The van der Waals surface area contributed by atoms with Crippen LogP contribution in [0.25, 0.3) is 27.5 Å². The molecule has 0 atom stereocenters. The molecule has 0 amide bonds. The first kappa shape index (κ1) is 14.5. The van der Waals surface area contributed by atoms with Crippen molar-refractivity contribution in [2.75, 3.05) is 0 Å². The molecule has 0 spiro atoms. The fourth-order valence-electron chi connectivity index (χ4n) is 3.44. The van der Waals surface area contributed by atoms with Crippen LogP contribution in [0.1, 0.15) is 11.1 Å². The maximum absolute atomic E-state index is 10.9. The van der Waals surface area contributed by atoms with E-state index in [0.717, 1.165) is 16.7 Å². The van der Waals surface area contributed by atoms with E-state index in [4.69, 9.17) is 0 Å². The molecule has 3 aromatic carbocycles. The molecule has 0 fully saturated rings. The van der Waals surface area contributed by atoms with Crippen molar-refractivity contribution < 1.29 is 4.92 Å². The van der Waals surface area contributed by atoms with Crippen molar-refractivity contribution in [3.05, 3.63) is 81.9 Å². The van der Waals surface area contributed by atoms with Crippen LogP contribution in [0.15, 0.2) is 60.7 Å².